The molecule has 0 saturated carbocycles. The molecule has 8 nitrogen and oxygen atoms in total. The van der Waals surface area contributed by atoms with Crippen molar-refractivity contribution in [3.8, 4) is 11.5 Å². The number of tetrazole rings is 1. The highest BCUT2D eigenvalue weighted by Gasteiger charge is 2.13. The molecule has 136 valence electrons. The molecule has 0 bridgehead atoms. The van der Waals surface area contributed by atoms with Gasteiger partial charge in [0.2, 0.25) is 0 Å². The largest absolute Gasteiger partial charge is 0.493 e. The van der Waals surface area contributed by atoms with Crippen LogP contribution in [0.5, 0.6) is 11.5 Å². The van der Waals surface area contributed by atoms with Gasteiger partial charge in [0.05, 0.1) is 18.7 Å². The zero-order chi connectivity index (χ0) is 18.5. The summed E-state index contributed by atoms with van der Waals surface area (Å²) in [6, 6.07) is 11.0. The molecule has 10 heteroatoms. The van der Waals surface area contributed by atoms with Crippen LogP contribution in [0.3, 0.4) is 0 Å². The SMILES string of the molecule is COc1cc(CNn2nnnc2N)cc(Cl)c1OCc1cccc(Cl)c1. The second kappa shape index (κ2) is 8.11. The van der Waals surface area contributed by atoms with Gasteiger partial charge < -0.3 is 20.6 Å². The summed E-state index contributed by atoms with van der Waals surface area (Å²) in [6.45, 7) is 0.704. The maximum atomic E-state index is 6.37. The minimum Gasteiger partial charge on any atom is -0.493 e. The van der Waals surface area contributed by atoms with Gasteiger partial charge in [-0.2, -0.15) is 0 Å². The van der Waals surface area contributed by atoms with Gasteiger partial charge in [0.15, 0.2) is 11.5 Å². The molecule has 0 aliphatic carbocycles. The minimum absolute atomic E-state index is 0.157. The van der Waals surface area contributed by atoms with Gasteiger partial charge in [-0.05, 0) is 45.8 Å². The number of nitrogens with two attached hydrogens (primary N) is 1. The Labute approximate surface area is 159 Å². The highest BCUT2D eigenvalue weighted by molar-refractivity contribution is 6.32. The number of hydrogen-bond donors (Lipinski definition) is 2. The van der Waals surface area contributed by atoms with Crippen LogP contribution in [-0.4, -0.2) is 27.4 Å². The average molecular weight is 395 g/mol. The summed E-state index contributed by atoms with van der Waals surface area (Å²) in [5.74, 6) is 1.13. The lowest BCUT2D eigenvalue weighted by Gasteiger charge is -2.15. The number of rotatable bonds is 7. The van der Waals surface area contributed by atoms with Gasteiger partial charge in [-0.15, -0.1) is 4.79 Å². The first-order chi connectivity index (χ1) is 12.6. The molecule has 0 aliphatic rings. The number of nitrogen functional groups attached to an aromatic ring is 1. The molecule has 3 aromatic rings. The topological polar surface area (TPSA) is 100 Å². The first kappa shape index (κ1) is 18.1. The van der Waals surface area contributed by atoms with E-state index in [0.29, 0.717) is 34.7 Å². The fourth-order valence-electron chi connectivity index (χ4n) is 2.27. The lowest BCUT2D eigenvalue weighted by molar-refractivity contribution is 0.284. The van der Waals surface area contributed by atoms with Crippen LogP contribution in [0.2, 0.25) is 10.0 Å². The maximum absolute atomic E-state index is 6.37. The Bertz CT molecular complexity index is 902. The Morgan fingerprint density at radius 1 is 1.19 bits per heavy atom. The van der Waals surface area contributed by atoms with Crippen LogP contribution in [-0.2, 0) is 13.2 Å². The van der Waals surface area contributed by atoms with Crippen molar-refractivity contribution in [3.63, 3.8) is 0 Å². The Morgan fingerprint density at radius 3 is 2.73 bits per heavy atom. The van der Waals surface area contributed by atoms with Gasteiger partial charge in [-0.1, -0.05) is 40.4 Å². The normalized spacial score (nSPS) is 10.6. The van der Waals surface area contributed by atoms with E-state index >= 15 is 0 Å². The number of ether oxygens (including phenoxy) is 2. The quantitative estimate of drug-likeness (QED) is 0.635. The summed E-state index contributed by atoms with van der Waals surface area (Å²) in [6.07, 6.45) is 0. The van der Waals surface area contributed by atoms with E-state index in [1.165, 1.54) is 4.79 Å². The van der Waals surface area contributed by atoms with Crippen LogP contribution in [0.4, 0.5) is 5.95 Å². The zero-order valence-electron chi connectivity index (χ0n) is 13.8. The van der Waals surface area contributed by atoms with Gasteiger partial charge in [0.25, 0.3) is 5.95 Å². The van der Waals surface area contributed by atoms with Crippen LogP contribution in [0.25, 0.3) is 0 Å². The lowest BCUT2D eigenvalue weighted by Crippen LogP contribution is -2.18. The van der Waals surface area contributed by atoms with Gasteiger partial charge in [0.1, 0.15) is 6.61 Å². The Kier molecular flexibility index (Phi) is 5.65. The van der Waals surface area contributed by atoms with Crippen molar-refractivity contribution in [1.29, 1.82) is 0 Å². The molecule has 1 heterocycles. The standard InChI is InChI=1S/C16H16Cl2N6O2/c1-25-14-7-11(8-20-24-16(19)21-22-23-24)6-13(18)15(14)26-9-10-3-2-4-12(17)5-10/h2-7,20H,8-9H2,1H3,(H2,19,21,23). The lowest BCUT2D eigenvalue weighted by atomic mass is 10.2. The number of nitrogens with one attached hydrogen (secondary N) is 1. The third-order valence-electron chi connectivity index (χ3n) is 3.49. The van der Waals surface area contributed by atoms with Crippen LogP contribution in [0.15, 0.2) is 36.4 Å². The molecule has 1 aromatic heterocycles. The molecule has 2 aromatic carbocycles. The van der Waals surface area contributed by atoms with Crippen LogP contribution in [0.1, 0.15) is 11.1 Å². The summed E-state index contributed by atoms with van der Waals surface area (Å²) >= 11 is 12.4. The molecule has 26 heavy (non-hydrogen) atoms. The number of hydrogen-bond acceptors (Lipinski definition) is 7. The predicted molar refractivity (Wildman–Crippen MR) is 99.1 cm³/mol. The van der Waals surface area contributed by atoms with Gasteiger partial charge in [-0.3, -0.25) is 0 Å². The molecule has 0 radical (unpaired) electrons. The maximum Gasteiger partial charge on any atom is 0.260 e. The highest BCUT2D eigenvalue weighted by atomic mass is 35.5. The Morgan fingerprint density at radius 2 is 2.04 bits per heavy atom. The number of halogens is 2. The third kappa shape index (κ3) is 4.27. The molecule has 0 atom stereocenters. The first-order valence-corrected chi connectivity index (χ1v) is 8.34. The molecular formula is C16H16Cl2N6O2. The van der Waals surface area contributed by atoms with Crippen LogP contribution < -0.4 is 20.6 Å². The number of aromatic nitrogens is 4. The van der Waals surface area contributed by atoms with E-state index in [9.17, 15) is 0 Å². The monoisotopic (exact) mass is 394 g/mol. The van der Waals surface area contributed by atoms with E-state index < -0.39 is 0 Å². The van der Waals surface area contributed by atoms with Crippen molar-refractivity contribution >= 4 is 29.2 Å². The first-order valence-electron chi connectivity index (χ1n) is 7.58. The molecule has 0 saturated heterocycles. The Balaban J connectivity index is 1.73. The molecular weight excluding hydrogens is 379 g/mol. The van der Waals surface area contributed by atoms with E-state index in [-0.39, 0.29) is 5.95 Å². The van der Waals surface area contributed by atoms with E-state index in [2.05, 4.69) is 21.0 Å². The van der Waals surface area contributed by atoms with Crippen molar-refractivity contribution in [2.24, 2.45) is 0 Å². The average Bonchev–Trinajstić information content (AvgIpc) is 3.03. The van der Waals surface area contributed by atoms with Crippen molar-refractivity contribution in [2.45, 2.75) is 13.2 Å². The summed E-state index contributed by atoms with van der Waals surface area (Å²) < 4.78 is 11.2. The highest BCUT2D eigenvalue weighted by Crippen LogP contribution is 2.37. The van der Waals surface area contributed by atoms with E-state index in [0.717, 1.165) is 11.1 Å². The molecule has 0 fully saturated rings. The third-order valence-corrected chi connectivity index (χ3v) is 4.00. The van der Waals surface area contributed by atoms with Crippen LogP contribution in [0, 0.1) is 0 Å². The fraction of sp³-hybridized carbons (Fsp3) is 0.188. The smallest absolute Gasteiger partial charge is 0.260 e. The molecule has 0 spiro atoms. The number of benzene rings is 2. The molecule has 0 amide bonds. The Hall–Kier alpha value is -2.71. The summed E-state index contributed by atoms with van der Waals surface area (Å²) in [5, 5.41) is 11.8. The summed E-state index contributed by atoms with van der Waals surface area (Å²) in [5.41, 5.74) is 10.3. The van der Waals surface area contributed by atoms with Crippen LogP contribution >= 0.6 is 23.2 Å². The molecule has 0 unspecified atom stereocenters. The molecule has 3 N–H and O–H groups in total. The molecule has 0 aliphatic heterocycles. The number of anilines is 1. The van der Waals surface area contributed by atoms with Crippen molar-refractivity contribution in [3.05, 3.63) is 57.6 Å². The summed E-state index contributed by atoms with van der Waals surface area (Å²) in [4.78, 5) is 1.27. The second-order valence-corrected chi connectivity index (χ2v) is 6.16. The van der Waals surface area contributed by atoms with E-state index in [1.807, 2.05) is 24.3 Å². The zero-order valence-corrected chi connectivity index (χ0v) is 15.3. The molecule has 3 rings (SSSR count). The number of methoxy groups -OCH3 is 1. The second-order valence-electron chi connectivity index (χ2n) is 5.31. The van der Waals surface area contributed by atoms with Crippen molar-refractivity contribution < 1.29 is 9.47 Å². The van der Waals surface area contributed by atoms with E-state index in [4.69, 9.17) is 38.4 Å². The fourth-order valence-corrected chi connectivity index (χ4v) is 2.77. The van der Waals surface area contributed by atoms with Crippen molar-refractivity contribution in [2.75, 3.05) is 18.3 Å². The number of nitrogens with zero attached hydrogens (tertiary/aromatic N) is 4. The van der Waals surface area contributed by atoms with Gasteiger partial charge in [0, 0.05) is 5.02 Å². The van der Waals surface area contributed by atoms with E-state index in [1.54, 1.807) is 19.2 Å². The summed E-state index contributed by atoms with van der Waals surface area (Å²) in [7, 11) is 1.55. The van der Waals surface area contributed by atoms with Gasteiger partial charge in [-0.25, -0.2) is 0 Å². The van der Waals surface area contributed by atoms with Crippen molar-refractivity contribution in [1.82, 2.24) is 20.3 Å². The van der Waals surface area contributed by atoms with Gasteiger partial charge >= 0.3 is 0 Å². The predicted octanol–water partition coefficient (Wildman–Crippen LogP) is 2.89. The minimum atomic E-state index is 0.157.